The molecule has 1 atom stereocenters. The van der Waals surface area contributed by atoms with Gasteiger partial charge in [0.2, 0.25) is 5.91 Å². The molecule has 1 aliphatic rings. The number of esters is 3. The van der Waals surface area contributed by atoms with E-state index in [1.165, 1.54) is 17.0 Å². The zero-order valence-corrected chi connectivity index (χ0v) is 22.3. The van der Waals surface area contributed by atoms with Crippen molar-refractivity contribution < 1.29 is 38.2 Å². The van der Waals surface area contributed by atoms with Crippen LogP contribution in [0, 0.1) is 5.92 Å². The molecule has 1 aliphatic heterocycles. The summed E-state index contributed by atoms with van der Waals surface area (Å²) in [6, 6.07) is 12.6. The zero-order valence-electron chi connectivity index (χ0n) is 22.3. The van der Waals surface area contributed by atoms with Gasteiger partial charge in [-0.2, -0.15) is 0 Å². The van der Waals surface area contributed by atoms with Crippen molar-refractivity contribution in [2.75, 3.05) is 36.6 Å². The third-order valence-corrected chi connectivity index (χ3v) is 6.09. The van der Waals surface area contributed by atoms with Crippen LogP contribution in [-0.4, -0.2) is 56.1 Å². The SMILES string of the molecule is CCCCOC(=O)c1ccc(NC(=O)COC(=O)[C@@H]2CC(=O)N(c3ccc(C(=O)OCCCC)cc3)C2)cc1. The number of nitrogens with zero attached hydrogens (tertiary/aromatic N) is 1. The van der Waals surface area contributed by atoms with E-state index in [-0.39, 0.29) is 18.9 Å². The largest absolute Gasteiger partial charge is 0.462 e. The van der Waals surface area contributed by atoms with E-state index in [0.717, 1.165) is 25.7 Å². The summed E-state index contributed by atoms with van der Waals surface area (Å²) in [5.74, 6) is -3.04. The number of hydrogen-bond acceptors (Lipinski definition) is 8. The maximum Gasteiger partial charge on any atom is 0.338 e. The number of unbranched alkanes of at least 4 members (excludes halogenated alkanes) is 2. The van der Waals surface area contributed by atoms with E-state index in [4.69, 9.17) is 14.2 Å². The van der Waals surface area contributed by atoms with Gasteiger partial charge in [-0.1, -0.05) is 26.7 Å². The molecule has 0 saturated carbocycles. The molecule has 1 N–H and O–H groups in total. The highest BCUT2D eigenvalue weighted by Crippen LogP contribution is 2.26. The second-order valence-corrected chi connectivity index (χ2v) is 9.16. The van der Waals surface area contributed by atoms with E-state index in [2.05, 4.69) is 5.32 Å². The molecule has 208 valence electrons. The first-order chi connectivity index (χ1) is 18.8. The zero-order chi connectivity index (χ0) is 28.2. The molecular formula is C29H34N2O8. The quantitative estimate of drug-likeness (QED) is 0.229. The maximum atomic E-state index is 12.5. The van der Waals surface area contributed by atoms with E-state index in [1.807, 2.05) is 13.8 Å². The highest BCUT2D eigenvalue weighted by molar-refractivity contribution is 6.00. The summed E-state index contributed by atoms with van der Waals surface area (Å²) in [5, 5.41) is 2.60. The van der Waals surface area contributed by atoms with E-state index < -0.39 is 36.3 Å². The molecule has 0 aromatic heterocycles. The normalized spacial score (nSPS) is 14.6. The first-order valence-corrected chi connectivity index (χ1v) is 13.1. The number of carbonyl (C=O) groups is 5. The highest BCUT2D eigenvalue weighted by Gasteiger charge is 2.36. The van der Waals surface area contributed by atoms with Crippen LogP contribution in [0.4, 0.5) is 11.4 Å². The summed E-state index contributed by atoms with van der Waals surface area (Å²) >= 11 is 0. The minimum atomic E-state index is -0.720. The number of hydrogen-bond donors (Lipinski definition) is 1. The van der Waals surface area contributed by atoms with Crippen molar-refractivity contribution in [1.82, 2.24) is 0 Å². The number of ether oxygens (including phenoxy) is 3. The van der Waals surface area contributed by atoms with Crippen molar-refractivity contribution in [2.24, 2.45) is 5.92 Å². The second kappa shape index (κ2) is 14.7. The van der Waals surface area contributed by atoms with Crippen LogP contribution < -0.4 is 10.2 Å². The van der Waals surface area contributed by atoms with Crippen LogP contribution >= 0.6 is 0 Å². The summed E-state index contributed by atoms with van der Waals surface area (Å²) in [6.45, 7) is 4.30. The molecule has 10 heteroatoms. The lowest BCUT2D eigenvalue weighted by atomic mass is 10.1. The maximum absolute atomic E-state index is 12.5. The topological polar surface area (TPSA) is 128 Å². The fourth-order valence-electron chi connectivity index (χ4n) is 3.82. The predicted octanol–water partition coefficient (Wildman–Crippen LogP) is 4.14. The van der Waals surface area contributed by atoms with Crippen molar-refractivity contribution in [2.45, 2.75) is 46.0 Å². The molecule has 0 unspecified atom stereocenters. The van der Waals surface area contributed by atoms with Gasteiger partial charge in [0.15, 0.2) is 6.61 Å². The average Bonchev–Trinajstić information content (AvgIpc) is 3.34. The van der Waals surface area contributed by atoms with Crippen LogP contribution in [0.3, 0.4) is 0 Å². The van der Waals surface area contributed by atoms with Crippen molar-refractivity contribution in [1.29, 1.82) is 0 Å². The number of nitrogens with one attached hydrogen (secondary N) is 1. The minimum Gasteiger partial charge on any atom is -0.462 e. The molecule has 2 aromatic rings. The molecule has 0 spiro atoms. The Morgan fingerprint density at radius 1 is 0.821 bits per heavy atom. The Hall–Kier alpha value is -4.21. The van der Waals surface area contributed by atoms with Crippen LogP contribution in [0.2, 0.25) is 0 Å². The summed E-state index contributed by atoms with van der Waals surface area (Å²) < 4.78 is 15.5. The molecule has 1 saturated heterocycles. The first kappa shape index (κ1) is 29.3. The van der Waals surface area contributed by atoms with Gasteiger partial charge in [0, 0.05) is 24.3 Å². The van der Waals surface area contributed by atoms with Crippen molar-refractivity contribution in [3.05, 3.63) is 59.7 Å². The first-order valence-electron chi connectivity index (χ1n) is 13.1. The number of anilines is 2. The van der Waals surface area contributed by atoms with Crippen molar-refractivity contribution >= 4 is 41.1 Å². The molecule has 1 heterocycles. The van der Waals surface area contributed by atoms with Gasteiger partial charge in [0.25, 0.3) is 5.91 Å². The molecule has 0 radical (unpaired) electrons. The van der Waals surface area contributed by atoms with Crippen LogP contribution in [0.25, 0.3) is 0 Å². The standard InChI is InChI=1S/C29H34N2O8/c1-3-5-15-37-27(34)20-7-11-23(12-8-20)30-25(32)19-39-29(36)22-17-26(33)31(18-22)24-13-9-21(10-14-24)28(35)38-16-6-4-2/h7-14,22H,3-6,15-19H2,1-2H3,(H,30,32)/t22-/m1/s1. The monoisotopic (exact) mass is 538 g/mol. The number of carbonyl (C=O) groups excluding carboxylic acids is 5. The third kappa shape index (κ3) is 8.66. The smallest absolute Gasteiger partial charge is 0.338 e. The third-order valence-electron chi connectivity index (χ3n) is 6.09. The van der Waals surface area contributed by atoms with Gasteiger partial charge in [-0.05, 0) is 61.4 Å². The van der Waals surface area contributed by atoms with Gasteiger partial charge < -0.3 is 24.4 Å². The Labute approximate surface area is 227 Å². The Bertz CT molecular complexity index is 1160. The number of rotatable bonds is 13. The average molecular weight is 539 g/mol. The molecule has 3 rings (SSSR count). The molecule has 2 aromatic carbocycles. The van der Waals surface area contributed by atoms with E-state index in [0.29, 0.717) is 35.7 Å². The molecular weight excluding hydrogens is 504 g/mol. The minimum absolute atomic E-state index is 0.0446. The lowest BCUT2D eigenvalue weighted by molar-refractivity contribution is -0.151. The lowest BCUT2D eigenvalue weighted by Gasteiger charge is -2.17. The van der Waals surface area contributed by atoms with Crippen LogP contribution in [0.5, 0.6) is 0 Å². The lowest BCUT2D eigenvalue weighted by Crippen LogP contribution is -2.28. The Kier molecular flexibility index (Phi) is 11.0. The van der Waals surface area contributed by atoms with Gasteiger partial charge in [-0.15, -0.1) is 0 Å². The fourth-order valence-corrected chi connectivity index (χ4v) is 3.82. The summed E-state index contributed by atoms with van der Waals surface area (Å²) in [6.07, 6.45) is 3.37. The van der Waals surface area contributed by atoms with E-state index in [9.17, 15) is 24.0 Å². The van der Waals surface area contributed by atoms with Gasteiger partial charge in [0.05, 0.1) is 30.3 Å². The van der Waals surface area contributed by atoms with Crippen molar-refractivity contribution in [3.8, 4) is 0 Å². The molecule has 10 nitrogen and oxygen atoms in total. The second-order valence-electron chi connectivity index (χ2n) is 9.16. The Morgan fingerprint density at radius 2 is 1.36 bits per heavy atom. The van der Waals surface area contributed by atoms with Crippen LogP contribution in [0.15, 0.2) is 48.5 Å². The van der Waals surface area contributed by atoms with Gasteiger partial charge >= 0.3 is 17.9 Å². The van der Waals surface area contributed by atoms with Gasteiger partial charge in [-0.3, -0.25) is 14.4 Å². The Balaban J connectivity index is 1.45. The predicted molar refractivity (Wildman–Crippen MR) is 143 cm³/mol. The van der Waals surface area contributed by atoms with Crippen molar-refractivity contribution in [3.63, 3.8) is 0 Å². The number of amides is 2. The van der Waals surface area contributed by atoms with Crippen LogP contribution in [-0.2, 0) is 28.6 Å². The van der Waals surface area contributed by atoms with E-state index >= 15 is 0 Å². The van der Waals surface area contributed by atoms with Gasteiger partial charge in [0.1, 0.15) is 0 Å². The molecule has 0 bridgehead atoms. The van der Waals surface area contributed by atoms with E-state index in [1.54, 1.807) is 36.4 Å². The highest BCUT2D eigenvalue weighted by atomic mass is 16.5. The number of benzene rings is 2. The molecule has 0 aliphatic carbocycles. The van der Waals surface area contributed by atoms with Gasteiger partial charge in [-0.25, -0.2) is 9.59 Å². The summed E-state index contributed by atoms with van der Waals surface area (Å²) in [7, 11) is 0. The fraction of sp³-hybridized carbons (Fsp3) is 0.414. The summed E-state index contributed by atoms with van der Waals surface area (Å²) in [5.41, 5.74) is 1.73. The molecule has 1 fully saturated rings. The molecule has 2 amide bonds. The Morgan fingerprint density at radius 3 is 1.90 bits per heavy atom. The van der Waals surface area contributed by atoms with Crippen LogP contribution in [0.1, 0.15) is 66.7 Å². The molecule has 39 heavy (non-hydrogen) atoms. The summed E-state index contributed by atoms with van der Waals surface area (Å²) in [4.78, 5) is 62.8.